The summed E-state index contributed by atoms with van der Waals surface area (Å²) in [6.45, 7) is 0.706. The number of hydrogen-bond donors (Lipinski definition) is 3. The van der Waals surface area contributed by atoms with Crippen molar-refractivity contribution in [1.82, 2.24) is 10.0 Å². The zero-order valence-corrected chi connectivity index (χ0v) is 11.0. The van der Waals surface area contributed by atoms with Gasteiger partial charge in [-0.15, -0.1) is 11.3 Å². The molecule has 0 bridgehead atoms. The van der Waals surface area contributed by atoms with Crippen LogP contribution in [0.15, 0.2) is 11.4 Å². The number of carbonyl (C=O) groups is 1. The van der Waals surface area contributed by atoms with Crippen LogP contribution in [0.5, 0.6) is 0 Å². The summed E-state index contributed by atoms with van der Waals surface area (Å²) in [5.41, 5.74) is 6.05. The Hall–Kier alpha value is -1.12. The maximum absolute atomic E-state index is 11.6. The standard InChI is InChI=1S/C9H15N3O3S2/c1-17(14,15)12-5-2-4-11-9(13)8-7(10)3-6-16-8/h3,6,12H,2,4-5,10H2,1H3,(H,11,13). The van der Waals surface area contributed by atoms with Crippen molar-refractivity contribution in [2.45, 2.75) is 6.42 Å². The number of anilines is 1. The number of amides is 1. The van der Waals surface area contributed by atoms with Crippen molar-refractivity contribution in [1.29, 1.82) is 0 Å². The summed E-state index contributed by atoms with van der Waals surface area (Å²) in [4.78, 5) is 12.1. The van der Waals surface area contributed by atoms with Gasteiger partial charge in [0.1, 0.15) is 4.88 Å². The van der Waals surface area contributed by atoms with Crippen molar-refractivity contribution in [3.05, 3.63) is 16.3 Å². The normalized spacial score (nSPS) is 11.4. The lowest BCUT2D eigenvalue weighted by molar-refractivity contribution is 0.0958. The van der Waals surface area contributed by atoms with Crippen LogP contribution < -0.4 is 15.8 Å². The van der Waals surface area contributed by atoms with Gasteiger partial charge in [-0.2, -0.15) is 0 Å². The van der Waals surface area contributed by atoms with E-state index in [2.05, 4.69) is 10.0 Å². The number of hydrogen-bond acceptors (Lipinski definition) is 5. The summed E-state index contributed by atoms with van der Waals surface area (Å²) >= 11 is 1.28. The van der Waals surface area contributed by atoms with Gasteiger partial charge in [-0.05, 0) is 17.9 Å². The van der Waals surface area contributed by atoms with Crippen LogP contribution >= 0.6 is 11.3 Å². The van der Waals surface area contributed by atoms with Crippen molar-refractivity contribution in [3.63, 3.8) is 0 Å². The van der Waals surface area contributed by atoms with Crippen molar-refractivity contribution in [2.75, 3.05) is 25.1 Å². The van der Waals surface area contributed by atoms with E-state index in [4.69, 9.17) is 5.73 Å². The number of thiophene rings is 1. The van der Waals surface area contributed by atoms with E-state index in [1.165, 1.54) is 11.3 Å². The van der Waals surface area contributed by atoms with Gasteiger partial charge in [0.15, 0.2) is 0 Å². The van der Waals surface area contributed by atoms with E-state index in [0.29, 0.717) is 30.1 Å². The minimum Gasteiger partial charge on any atom is -0.397 e. The highest BCUT2D eigenvalue weighted by molar-refractivity contribution is 7.88. The molecule has 0 spiro atoms. The highest BCUT2D eigenvalue weighted by atomic mass is 32.2. The molecule has 1 aromatic rings. The molecule has 0 unspecified atom stereocenters. The molecule has 0 radical (unpaired) electrons. The molecular formula is C9H15N3O3S2. The SMILES string of the molecule is CS(=O)(=O)NCCCNC(=O)c1sccc1N. The minimum atomic E-state index is -3.16. The maximum atomic E-state index is 11.6. The molecule has 1 rings (SSSR count). The molecule has 0 saturated carbocycles. The number of sulfonamides is 1. The molecule has 0 aliphatic rings. The molecule has 1 aromatic heterocycles. The van der Waals surface area contributed by atoms with Gasteiger partial charge in [-0.3, -0.25) is 4.79 Å². The van der Waals surface area contributed by atoms with Crippen molar-refractivity contribution >= 4 is 33.0 Å². The summed E-state index contributed by atoms with van der Waals surface area (Å²) < 4.78 is 23.8. The molecule has 0 saturated heterocycles. The molecule has 6 nitrogen and oxygen atoms in total. The van der Waals surface area contributed by atoms with E-state index in [1.54, 1.807) is 11.4 Å². The fraction of sp³-hybridized carbons (Fsp3) is 0.444. The van der Waals surface area contributed by atoms with Crippen molar-refractivity contribution in [3.8, 4) is 0 Å². The van der Waals surface area contributed by atoms with Gasteiger partial charge < -0.3 is 11.1 Å². The smallest absolute Gasteiger partial charge is 0.263 e. The van der Waals surface area contributed by atoms with Crippen LogP contribution in [0.1, 0.15) is 16.1 Å². The third-order valence-electron chi connectivity index (χ3n) is 1.91. The third kappa shape index (κ3) is 5.16. The van der Waals surface area contributed by atoms with Crippen LogP contribution in [0, 0.1) is 0 Å². The lowest BCUT2D eigenvalue weighted by Gasteiger charge is -2.04. The monoisotopic (exact) mass is 277 g/mol. The molecule has 0 fully saturated rings. The van der Waals surface area contributed by atoms with Crippen molar-refractivity contribution in [2.24, 2.45) is 0 Å². The van der Waals surface area contributed by atoms with E-state index in [-0.39, 0.29) is 5.91 Å². The topological polar surface area (TPSA) is 101 Å². The van der Waals surface area contributed by atoms with Gasteiger partial charge in [0.25, 0.3) is 5.91 Å². The molecule has 17 heavy (non-hydrogen) atoms. The largest absolute Gasteiger partial charge is 0.397 e. The molecular weight excluding hydrogens is 262 g/mol. The Kier molecular flexibility index (Phi) is 4.91. The molecule has 1 heterocycles. The Labute approximate surface area is 104 Å². The van der Waals surface area contributed by atoms with E-state index in [0.717, 1.165) is 6.26 Å². The first kappa shape index (κ1) is 13.9. The predicted molar refractivity (Wildman–Crippen MR) is 68.5 cm³/mol. The Morgan fingerprint density at radius 3 is 2.71 bits per heavy atom. The summed E-state index contributed by atoms with van der Waals surface area (Å²) in [7, 11) is -3.16. The Balaban J connectivity index is 2.24. The second kappa shape index (κ2) is 5.99. The molecule has 4 N–H and O–H groups in total. The van der Waals surface area contributed by atoms with Crippen LogP contribution in [0.4, 0.5) is 5.69 Å². The lowest BCUT2D eigenvalue weighted by atomic mass is 10.3. The summed E-state index contributed by atoms with van der Waals surface area (Å²) in [5.74, 6) is -0.225. The first-order valence-corrected chi connectivity index (χ1v) is 7.73. The van der Waals surface area contributed by atoms with Crippen LogP contribution in [0.2, 0.25) is 0 Å². The average Bonchev–Trinajstić information content (AvgIpc) is 2.62. The summed E-state index contributed by atoms with van der Waals surface area (Å²) in [6.07, 6.45) is 1.63. The predicted octanol–water partition coefficient (Wildman–Crippen LogP) is -0.000600. The minimum absolute atomic E-state index is 0.225. The summed E-state index contributed by atoms with van der Waals surface area (Å²) in [5, 5.41) is 4.41. The van der Waals surface area contributed by atoms with Crippen LogP contribution in [0.25, 0.3) is 0 Å². The second-order valence-corrected chi connectivity index (χ2v) is 6.23. The number of nitrogen functional groups attached to an aromatic ring is 1. The quantitative estimate of drug-likeness (QED) is 0.637. The van der Waals surface area contributed by atoms with E-state index >= 15 is 0 Å². The lowest BCUT2D eigenvalue weighted by Crippen LogP contribution is -2.29. The van der Waals surface area contributed by atoms with Crippen LogP contribution in [-0.4, -0.2) is 33.7 Å². The fourth-order valence-electron chi connectivity index (χ4n) is 1.13. The Morgan fingerprint density at radius 1 is 1.47 bits per heavy atom. The molecule has 0 aliphatic heterocycles. The maximum Gasteiger partial charge on any atom is 0.263 e. The zero-order valence-electron chi connectivity index (χ0n) is 9.39. The van der Waals surface area contributed by atoms with Crippen LogP contribution in [-0.2, 0) is 10.0 Å². The molecule has 0 aromatic carbocycles. The Bertz CT molecular complexity index is 481. The zero-order chi connectivity index (χ0) is 12.9. The number of nitrogens with two attached hydrogens (primary N) is 1. The van der Waals surface area contributed by atoms with Gasteiger partial charge >= 0.3 is 0 Å². The van der Waals surface area contributed by atoms with E-state index < -0.39 is 10.0 Å². The molecule has 96 valence electrons. The second-order valence-electron chi connectivity index (χ2n) is 3.48. The van der Waals surface area contributed by atoms with Gasteiger partial charge in [-0.1, -0.05) is 0 Å². The first-order chi connectivity index (χ1) is 7.90. The fourth-order valence-corrected chi connectivity index (χ4v) is 2.38. The first-order valence-electron chi connectivity index (χ1n) is 4.96. The average molecular weight is 277 g/mol. The van der Waals surface area contributed by atoms with E-state index in [1.807, 2.05) is 0 Å². The molecule has 0 aliphatic carbocycles. The molecule has 8 heteroatoms. The van der Waals surface area contributed by atoms with Crippen molar-refractivity contribution < 1.29 is 13.2 Å². The highest BCUT2D eigenvalue weighted by Gasteiger charge is 2.09. The number of rotatable bonds is 6. The Morgan fingerprint density at radius 2 is 2.18 bits per heavy atom. The molecule has 0 atom stereocenters. The summed E-state index contributed by atoms with van der Waals surface area (Å²) in [6, 6.07) is 1.67. The third-order valence-corrected chi connectivity index (χ3v) is 3.56. The van der Waals surface area contributed by atoms with Gasteiger partial charge in [0.05, 0.1) is 11.9 Å². The number of nitrogens with one attached hydrogen (secondary N) is 2. The van der Waals surface area contributed by atoms with E-state index in [9.17, 15) is 13.2 Å². The highest BCUT2D eigenvalue weighted by Crippen LogP contribution is 2.17. The molecule has 1 amide bonds. The van der Waals surface area contributed by atoms with Crippen LogP contribution in [0.3, 0.4) is 0 Å². The van der Waals surface area contributed by atoms with Gasteiger partial charge in [-0.25, -0.2) is 13.1 Å². The van der Waals surface area contributed by atoms with Gasteiger partial charge in [0.2, 0.25) is 10.0 Å². The van der Waals surface area contributed by atoms with Gasteiger partial charge in [0, 0.05) is 13.1 Å². The number of carbonyl (C=O) groups excluding carboxylic acids is 1.